The fraction of sp³-hybridized carbons (Fsp3) is 0.433. The molecular weight excluding hydrogens is 498 g/mol. The van der Waals surface area contributed by atoms with Crippen molar-refractivity contribution in [3.63, 3.8) is 0 Å². The van der Waals surface area contributed by atoms with E-state index in [1.807, 2.05) is 13.8 Å². The lowest BCUT2D eigenvalue weighted by molar-refractivity contribution is -0.141. The normalized spacial score (nSPS) is 12.6. The highest BCUT2D eigenvalue weighted by Gasteiger charge is 2.37. The Labute approximate surface area is 230 Å². The van der Waals surface area contributed by atoms with E-state index in [9.17, 15) is 19.5 Å². The van der Waals surface area contributed by atoms with E-state index < -0.39 is 42.2 Å². The maximum Gasteiger partial charge on any atom is 0.408 e. The lowest BCUT2D eigenvalue weighted by Gasteiger charge is -2.35. The van der Waals surface area contributed by atoms with Gasteiger partial charge in [-0.3, -0.25) is 9.59 Å². The van der Waals surface area contributed by atoms with E-state index in [1.54, 1.807) is 69.3 Å². The second-order valence-corrected chi connectivity index (χ2v) is 10.4. The van der Waals surface area contributed by atoms with Crippen molar-refractivity contribution in [2.45, 2.75) is 58.7 Å². The minimum atomic E-state index is -1.20. The Bertz CT molecular complexity index is 1160. The van der Waals surface area contributed by atoms with Crippen molar-refractivity contribution in [3.05, 3.63) is 59.7 Å². The fourth-order valence-corrected chi connectivity index (χ4v) is 4.02. The smallest absolute Gasteiger partial charge is 0.408 e. The summed E-state index contributed by atoms with van der Waals surface area (Å²) < 4.78 is 10.6. The van der Waals surface area contributed by atoms with Crippen LogP contribution in [0.4, 0.5) is 10.5 Å². The van der Waals surface area contributed by atoms with Gasteiger partial charge in [-0.2, -0.15) is 0 Å². The maximum atomic E-state index is 14.0. The molecule has 9 heteroatoms. The summed E-state index contributed by atoms with van der Waals surface area (Å²) >= 11 is 0. The largest absolute Gasteiger partial charge is 0.497 e. The zero-order valence-corrected chi connectivity index (χ0v) is 23.5. The van der Waals surface area contributed by atoms with Gasteiger partial charge in [0.15, 0.2) is 0 Å². The number of nitrogens with zero attached hydrogens (tertiary/aromatic N) is 1. The number of nitrogens with one attached hydrogen (secondary N) is 2. The van der Waals surface area contributed by atoms with Crippen LogP contribution in [0, 0.1) is 18.3 Å². The van der Waals surface area contributed by atoms with Crippen molar-refractivity contribution in [1.29, 1.82) is 0 Å². The minimum absolute atomic E-state index is 0.0226. The molecule has 0 bridgehead atoms. The first kappa shape index (κ1) is 31.2. The summed E-state index contributed by atoms with van der Waals surface area (Å²) in [5, 5.41) is 15.4. The van der Waals surface area contributed by atoms with Crippen molar-refractivity contribution in [2.24, 2.45) is 5.92 Å². The van der Waals surface area contributed by atoms with E-state index in [0.717, 1.165) is 0 Å². The molecule has 9 nitrogen and oxygen atoms in total. The molecule has 0 fully saturated rings. The van der Waals surface area contributed by atoms with Crippen LogP contribution in [0.1, 0.15) is 58.2 Å². The number of aliphatic hydroxyl groups excluding tert-OH is 1. The lowest BCUT2D eigenvalue weighted by atomic mass is 9.96. The number of hydrogen-bond donors (Lipinski definition) is 3. The number of methoxy groups -OCH3 is 1. The van der Waals surface area contributed by atoms with Crippen LogP contribution < -0.4 is 15.4 Å². The molecule has 0 aliphatic rings. The van der Waals surface area contributed by atoms with Gasteiger partial charge in [-0.1, -0.05) is 38.0 Å². The van der Waals surface area contributed by atoms with Crippen molar-refractivity contribution in [1.82, 2.24) is 10.2 Å². The lowest BCUT2D eigenvalue weighted by Crippen LogP contribution is -2.53. The molecule has 2 atom stereocenters. The number of carbonyl (C=O) groups is 3. The molecule has 0 spiro atoms. The molecule has 0 aromatic heterocycles. The van der Waals surface area contributed by atoms with Gasteiger partial charge in [-0.05, 0) is 69.0 Å². The average molecular weight is 538 g/mol. The Kier molecular flexibility index (Phi) is 11.4. The molecule has 2 rings (SSSR count). The molecule has 0 saturated heterocycles. The molecule has 2 aromatic rings. The highest BCUT2D eigenvalue weighted by Crippen LogP contribution is 2.28. The van der Waals surface area contributed by atoms with Crippen LogP contribution in [-0.4, -0.2) is 59.8 Å². The molecular formula is C30H39N3O6. The number of hydrogen-bond acceptors (Lipinski definition) is 6. The molecule has 0 aliphatic carbocycles. The number of anilines is 1. The Morgan fingerprint density at radius 3 is 2.26 bits per heavy atom. The highest BCUT2D eigenvalue weighted by molar-refractivity contribution is 5.99. The zero-order valence-electron chi connectivity index (χ0n) is 23.5. The fourth-order valence-electron chi connectivity index (χ4n) is 4.02. The summed E-state index contributed by atoms with van der Waals surface area (Å²) in [6.07, 6.45) is 5.28. The Balaban J connectivity index is 2.54. The SMILES string of the molecule is C#Cc1ccccc1C(C(=O)Nc1ccc(OC)cc1)N(CCO)C(=O)C(CC(C)C)NC(=O)OC(C)(C)C. The number of rotatable bonds is 11. The molecule has 210 valence electrons. The van der Waals surface area contributed by atoms with Crippen LogP contribution in [0.5, 0.6) is 5.75 Å². The average Bonchev–Trinajstić information content (AvgIpc) is 2.87. The molecule has 3 amide bonds. The van der Waals surface area contributed by atoms with Gasteiger partial charge in [-0.25, -0.2) is 4.79 Å². The molecule has 0 saturated carbocycles. The third kappa shape index (κ3) is 9.34. The first-order chi connectivity index (χ1) is 18.4. The third-order valence-corrected chi connectivity index (χ3v) is 5.65. The monoisotopic (exact) mass is 537 g/mol. The summed E-state index contributed by atoms with van der Waals surface area (Å²) in [4.78, 5) is 41.7. The number of carbonyl (C=O) groups excluding carboxylic acids is 3. The quantitative estimate of drug-likeness (QED) is 0.371. The number of amides is 3. The van der Waals surface area contributed by atoms with Gasteiger partial charge in [0.2, 0.25) is 5.91 Å². The molecule has 3 N–H and O–H groups in total. The number of benzene rings is 2. The van der Waals surface area contributed by atoms with Crippen LogP contribution in [0.2, 0.25) is 0 Å². The summed E-state index contributed by atoms with van der Waals surface area (Å²) in [6, 6.07) is 11.3. The summed E-state index contributed by atoms with van der Waals surface area (Å²) in [5.41, 5.74) is 0.537. The van der Waals surface area contributed by atoms with Gasteiger partial charge >= 0.3 is 6.09 Å². The molecule has 39 heavy (non-hydrogen) atoms. The second-order valence-electron chi connectivity index (χ2n) is 10.4. The summed E-state index contributed by atoms with van der Waals surface area (Å²) in [7, 11) is 1.54. The summed E-state index contributed by atoms with van der Waals surface area (Å²) in [6.45, 7) is 8.39. The molecule has 0 heterocycles. The minimum Gasteiger partial charge on any atom is -0.497 e. The van der Waals surface area contributed by atoms with Crippen molar-refractivity contribution in [2.75, 3.05) is 25.6 Å². The molecule has 0 aliphatic heterocycles. The third-order valence-electron chi connectivity index (χ3n) is 5.65. The Morgan fingerprint density at radius 1 is 1.08 bits per heavy atom. The number of terminal acetylenes is 1. The van der Waals surface area contributed by atoms with Crippen molar-refractivity contribution in [3.8, 4) is 18.1 Å². The van der Waals surface area contributed by atoms with E-state index in [0.29, 0.717) is 22.6 Å². The van der Waals surface area contributed by atoms with Crippen LogP contribution in [-0.2, 0) is 14.3 Å². The van der Waals surface area contributed by atoms with Gasteiger partial charge in [0.05, 0.1) is 13.7 Å². The van der Waals surface area contributed by atoms with Crippen LogP contribution in [0.15, 0.2) is 48.5 Å². The van der Waals surface area contributed by atoms with E-state index >= 15 is 0 Å². The Hall–Kier alpha value is -4.03. The van der Waals surface area contributed by atoms with Crippen LogP contribution >= 0.6 is 0 Å². The van der Waals surface area contributed by atoms with Gasteiger partial charge in [0.25, 0.3) is 5.91 Å². The number of alkyl carbamates (subject to hydrolysis) is 1. The van der Waals surface area contributed by atoms with Crippen LogP contribution in [0.3, 0.4) is 0 Å². The van der Waals surface area contributed by atoms with Crippen LogP contribution in [0.25, 0.3) is 0 Å². The number of ether oxygens (including phenoxy) is 2. The molecule has 2 unspecified atom stereocenters. The van der Waals surface area contributed by atoms with E-state index in [-0.39, 0.29) is 18.9 Å². The standard InChI is InChI=1S/C30H39N3O6/c1-8-21-11-9-10-12-24(21)26(27(35)31-22-13-15-23(38-7)16-14-22)33(17-18-34)28(36)25(19-20(2)3)32-29(37)39-30(4,5)6/h1,9-16,20,25-26,34H,17-19H2,2-7H3,(H,31,35)(H,32,37). The van der Waals surface area contributed by atoms with Crippen molar-refractivity contribution < 1.29 is 29.0 Å². The predicted octanol–water partition coefficient (Wildman–Crippen LogP) is 4.12. The van der Waals surface area contributed by atoms with E-state index in [2.05, 4.69) is 16.6 Å². The first-order valence-corrected chi connectivity index (χ1v) is 12.8. The Morgan fingerprint density at radius 2 is 1.72 bits per heavy atom. The highest BCUT2D eigenvalue weighted by atomic mass is 16.6. The molecule has 0 radical (unpaired) electrons. The van der Waals surface area contributed by atoms with E-state index in [4.69, 9.17) is 15.9 Å². The van der Waals surface area contributed by atoms with Crippen molar-refractivity contribution >= 4 is 23.6 Å². The maximum absolute atomic E-state index is 14.0. The van der Waals surface area contributed by atoms with Gasteiger partial charge in [0.1, 0.15) is 23.4 Å². The van der Waals surface area contributed by atoms with Gasteiger partial charge < -0.3 is 30.1 Å². The topological polar surface area (TPSA) is 117 Å². The molecule has 2 aromatic carbocycles. The van der Waals surface area contributed by atoms with Gasteiger partial charge in [-0.15, -0.1) is 6.42 Å². The summed E-state index contributed by atoms with van der Waals surface area (Å²) in [5.74, 6) is 2.13. The predicted molar refractivity (Wildman–Crippen MR) is 150 cm³/mol. The number of aliphatic hydroxyl groups is 1. The second kappa shape index (κ2) is 14.2. The zero-order chi connectivity index (χ0) is 29.2. The first-order valence-electron chi connectivity index (χ1n) is 12.8. The van der Waals surface area contributed by atoms with Gasteiger partial charge in [0, 0.05) is 17.8 Å². The van der Waals surface area contributed by atoms with E-state index in [1.165, 1.54) is 12.0 Å².